The lowest BCUT2D eigenvalue weighted by Gasteiger charge is -2.32. The van der Waals surface area contributed by atoms with E-state index in [1.807, 2.05) is 7.05 Å². The van der Waals surface area contributed by atoms with Crippen LogP contribution in [-0.4, -0.2) is 36.4 Å². The first-order valence-electron chi connectivity index (χ1n) is 6.58. The average Bonchev–Trinajstić information content (AvgIpc) is 2.40. The average molecular weight is 234 g/mol. The van der Waals surface area contributed by atoms with Crippen molar-refractivity contribution in [2.24, 2.45) is 0 Å². The first-order chi connectivity index (χ1) is 8.33. The molecule has 2 heterocycles. The monoisotopic (exact) mass is 234 g/mol. The summed E-state index contributed by atoms with van der Waals surface area (Å²) < 4.78 is 0. The van der Waals surface area contributed by atoms with E-state index in [-0.39, 0.29) is 0 Å². The SMILES string of the molecule is CCCc1ccc(N2CCC(NC)CC2)nn1. The zero-order valence-corrected chi connectivity index (χ0v) is 10.8. The largest absolute Gasteiger partial charge is 0.355 e. The fraction of sp³-hybridized carbons (Fsp3) is 0.692. The maximum absolute atomic E-state index is 4.33. The van der Waals surface area contributed by atoms with E-state index in [9.17, 15) is 0 Å². The zero-order chi connectivity index (χ0) is 12.1. The summed E-state index contributed by atoms with van der Waals surface area (Å²) in [7, 11) is 2.04. The van der Waals surface area contributed by atoms with Gasteiger partial charge in [-0.2, -0.15) is 5.10 Å². The molecule has 0 bridgehead atoms. The van der Waals surface area contributed by atoms with Crippen molar-refractivity contribution >= 4 is 5.82 Å². The maximum atomic E-state index is 4.33. The Kier molecular flexibility index (Phi) is 4.31. The van der Waals surface area contributed by atoms with Gasteiger partial charge in [0.1, 0.15) is 0 Å². The lowest BCUT2D eigenvalue weighted by molar-refractivity contribution is 0.440. The van der Waals surface area contributed by atoms with E-state index in [0.29, 0.717) is 6.04 Å². The number of hydrogen-bond acceptors (Lipinski definition) is 4. The molecule has 1 saturated heterocycles. The Morgan fingerprint density at radius 2 is 2.06 bits per heavy atom. The molecule has 17 heavy (non-hydrogen) atoms. The van der Waals surface area contributed by atoms with E-state index >= 15 is 0 Å². The summed E-state index contributed by atoms with van der Waals surface area (Å²) >= 11 is 0. The molecule has 1 N–H and O–H groups in total. The topological polar surface area (TPSA) is 41.0 Å². The number of nitrogens with one attached hydrogen (secondary N) is 1. The molecule has 0 unspecified atom stereocenters. The second-order valence-electron chi connectivity index (χ2n) is 4.68. The Morgan fingerprint density at radius 3 is 2.59 bits per heavy atom. The number of rotatable bonds is 4. The van der Waals surface area contributed by atoms with Crippen LogP contribution in [0.1, 0.15) is 31.9 Å². The van der Waals surface area contributed by atoms with Gasteiger partial charge in [0.05, 0.1) is 5.69 Å². The molecule has 4 nitrogen and oxygen atoms in total. The van der Waals surface area contributed by atoms with Gasteiger partial charge < -0.3 is 10.2 Å². The summed E-state index contributed by atoms with van der Waals surface area (Å²) in [4.78, 5) is 2.33. The zero-order valence-electron chi connectivity index (χ0n) is 10.8. The lowest BCUT2D eigenvalue weighted by atomic mass is 10.1. The number of piperidine rings is 1. The van der Waals surface area contributed by atoms with Gasteiger partial charge in [-0.25, -0.2) is 0 Å². The Labute approximate surface area is 103 Å². The summed E-state index contributed by atoms with van der Waals surface area (Å²) in [5, 5.41) is 11.9. The third-order valence-electron chi connectivity index (χ3n) is 3.44. The van der Waals surface area contributed by atoms with Crippen molar-refractivity contribution in [1.82, 2.24) is 15.5 Å². The van der Waals surface area contributed by atoms with Gasteiger partial charge in [0, 0.05) is 19.1 Å². The molecule has 4 heteroatoms. The quantitative estimate of drug-likeness (QED) is 0.859. The number of hydrogen-bond donors (Lipinski definition) is 1. The highest BCUT2D eigenvalue weighted by Crippen LogP contribution is 2.17. The fourth-order valence-corrected chi connectivity index (χ4v) is 2.31. The standard InChI is InChI=1S/C13H22N4/c1-3-4-12-5-6-13(16-15-12)17-9-7-11(14-2)8-10-17/h5-6,11,14H,3-4,7-10H2,1-2H3. The summed E-state index contributed by atoms with van der Waals surface area (Å²) in [5.41, 5.74) is 1.10. The van der Waals surface area contributed by atoms with E-state index in [1.165, 1.54) is 12.8 Å². The second-order valence-corrected chi connectivity index (χ2v) is 4.68. The van der Waals surface area contributed by atoms with Crippen molar-refractivity contribution in [3.8, 4) is 0 Å². The Bertz CT molecular complexity index is 328. The normalized spacial score (nSPS) is 17.4. The number of anilines is 1. The van der Waals surface area contributed by atoms with Crippen molar-refractivity contribution in [1.29, 1.82) is 0 Å². The van der Waals surface area contributed by atoms with Gasteiger partial charge in [-0.3, -0.25) is 0 Å². The van der Waals surface area contributed by atoms with Gasteiger partial charge in [-0.15, -0.1) is 5.10 Å². The second kappa shape index (κ2) is 5.96. The lowest BCUT2D eigenvalue weighted by Crippen LogP contribution is -2.41. The summed E-state index contributed by atoms with van der Waals surface area (Å²) in [6.07, 6.45) is 4.53. The molecule has 0 aliphatic carbocycles. The summed E-state index contributed by atoms with van der Waals surface area (Å²) in [6, 6.07) is 4.88. The van der Waals surface area contributed by atoms with Crippen molar-refractivity contribution in [3.63, 3.8) is 0 Å². The van der Waals surface area contributed by atoms with Crippen molar-refractivity contribution in [2.45, 2.75) is 38.6 Å². The highest BCUT2D eigenvalue weighted by molar-refractivity contribution is 5.37. The predicted octanol–water partition coefficient (Wildman–Crippen LogP) is 1.62. The van der Waals surface area contributed by atoms with E-state index in [4.69, 9.17) is 0 Å². The van der Waals surface area contributed by atoms with Crippen LogP contribution >= 0.6 is 0 Å². The van der Waals surface area contributed by atoms with Gasteiger partial charge in [0.25, 0.3) is 0 Å². The van der Waals surface area contributed by atoms with Crippen LogP contribution in [0.25, 0.3) is 0 Å². The minimum atomic E-state index is 0.665. The van der Waals surface area contributed by atoms with E-state index in [2.05, 4.69) is 39.5 Å². The highest BCUT2D eigenvalue weighted by atomic mass is 15.3. The predicted molar refractivity (Wildman–Crippen MR) is 70.3 cm³/mol. The van der Waals surface area contributed by atoms with Gasteiger partial charge in [0.2, 0.25) is 0 Å². The number of aryl methyl sites for hydroxylation is 1. The van der Waals surface area contributed by atoms with Crippen molar-refractivity contribution < 1.29 is 0 Å². The first-order valence-corrected chi connectivity index (χ1v) is 6.58. The molecular formula is C13H22N4. The van der Waals surface area contributed by atoms with Gasteiger partial charge in [0.15, 0.2) is 5.82 Å². The van der Waals surface area contributed by atoms with Crippen LogP contribution in [-0.2, 0) is 6.42 Å². The Hall–Kier alpha value is -1.16. The first kappa shape index (κ1) is 12.3. The van der Waals surface area contributed by atoms with Crippen LogP contribution in [0.15, 0.2) is 12.1 Å². The molecule has 1 aliphatic heterocycles. The smallest absolute Gasteiger partial charge is 0.151 e. The molecule has 0 atom stereocenters. The van der Waals surface area contributed by atoms with Gasteiger partial charge >= 0.3 is 0 Å². The molecule has 1 aromatic heterocycles. The van der Waals surface area contributed by atoms with Crippen molar-refractivity contribution in [3.05, 3.63) is 17.8 Å². The molecule has 1 fully saturated rings. The maximum Gasteiger partial charge on any atom is 0.151 e. The summed E-state index contributed by atoms with van der Waals surface area (Å²) in [6.45, 7) is 4.32. The molecule has 2 rings (SSSR count). The van der Waals surface area contributed by atoms with E-state index in [1.54, 1.807) is 0 Å². The van der Waals surface area contributed by atoms with E-state index in [0.717, 1.165) is 37.4 Å². The van der Waals surface area contributed by atoms with Gasteiger partial charge in [-0.1, -0.05) is 13.3 Å². The molecule has 0 radical (unpaired) electrons. The molecule has 0 saturated carbocycles. The van der Waals surface area contributed by atoms with Crippen LogP contribution in [0.2, 0.25) is 0 Å². The highest BCUT2D eigenvalue weighted by Gasteiger charge is 2.18. The Balaban J connectivity index is 1.94. The molecule has 0 amide bonds. The minimum absolute atomic E-state index is 0.665. The molecule has 94 valence electrons. The minimum Gasteiger partial charge on any atom is -0.355 e. The molecular weight excluding hydrogens is 212 g/mol. The molecule has 0 spiro atoms. The number of aromatic nitrogens is 2. The number of nitrogens with zero attached hydrogens (tertiary/aromatic N) is 3. The van der Waals surface area contributed by atoms with Crippen LogP contribution in [0.5, 0.6) is 0 Å². The molecule has 1 aromatic rings. The van der Waals surface area contributed by atoms with Crippen molar-refractivity contribution in [2.75, 3.05) is 25.0 Å². The van der Waals surface area contributed by atoms with Gasteiger partial charge in [-0.05, 0) is 38.4 Å². The van der Waals surface area contributed by atoms with E-state index < -0.39 is 0 Å². The van der Waals surface area contributed by atoms with Crippen LogP contribution < -0.4 is 10.2 Å². The fourth-order valence-electron chi connectivity index (χ4n) is 2.31. The molecule has 0 aromatic carbocycles. The Morgan fingerprint density at radius 1 is 1.29 bits per heavy atom. The third-order valence-corrected chi connectivity index (χ3v) is 3.44. The summed E-state index contributed by atoms with van der Waals surface area (Å²) in [5.74, 6) is 1.03. The van der Waals surface area contributed by atoms with Crippen LogP contribution in [0.4, 0.5) is 5.82 Å². The van der Waals surface area contributed by atoms with Crippen LogP contribution in [0.3, 0.4) is 0 Å². The third kappa shape index (κ3) is 3.16. The van der Waals surface area contributed by atoms with Crippen LogP contribution in [0, 0.1) is 0 Å². The molecule has 1 aliphatic rings.